The van der Waals surface area contributed by atoms with Crippen molar-refractivity contribution in [2.75, 3.05) is 19.6 Å². The maximum atomic E-state index is 13.2. The third kappa shape index (κ3) is 3.99. The summed E-state index contributed by atoms with van der Waals surface area (Å²) in [6.07, 6.45) is 5.98. The number of hydrogen-bond acceptors (Lipinski definition) is 3. The molecule has 2 heterocycles. The van der Waals surface area contributed by atoms with Gasteiger partial charge in [-0.3, -0.25) is 9.59 Å². The second-order valence-electron chi connectivity index (χ2n) is 8.10. The molecule has 2 aliphatic heterocycles. The number of likely N-dealkylation sites (tertiary alicyclic amines) is 2. The van der Waals surface area contributed by atoms with Crippen molar-refractivity contribution in [2.45, 2.75) is 56.5 Å². The Morgan fingerprint density at radius 3 is 2.33 bits per heavy atom. The summed E-state index contributed by atoms with van der Waals surface area (Å²) in [7, 11) is 0. The van der Waals surface area contributed by atoms with E-state index < -0.39 is 0 Å². The van der Waals surface area contributed by atoms with Gasteiger partial charge in [-0.15, -0.1) is 12.4 Å². The van der Waals surface area contributed by atoms with Crippen LogP contribution in [0.2, 0.25) is 0 Å². The highest BCUT2D eigenvalue weighted by molar-refractivity contribution is 5.89. The van der Waals surface area contributed by atoms with Gasteiger partial charge in [0.05, 0.1) is 0 Å². The standard InChI is InChI=1S/C21H29N3O2.ClH/c22-18-14-23(13-17(18)15-7-2-1-3-8-15)21(26)19-11-6-12-24(19)20(25)16-9-4-5-10-16;/h1-3,7-8,16-19H,4-6,9-14,22H2;1H/t17-,18+,19?;/m0./s1. The van der Waals surface area contributed by atoms with E-state index in [-0.39, 0.29) is 48.1 Å². The molecule has 148 valence electrons. The van der Waals surface area contributed by atoms with Gasteiger partial charge in [-0.1, -0.05) is 43.2 Å². The lowest BCUT2D eigenvalue weighted by atomic mass is 9.95. The maximum Gasteiger partial charge on any atom is 0.245 e. The molecule has 5 nitrogen and oxygen atoms in total. The molecule has 3 fully saturated rings. The first-order chi connectivity index (χ1) is 12.6. The van der Waals surface area contributed by atoms with Gasteiger partial charge in [-0.2, -0.15) is 0 Å². The van der Waals surface area contributed by atoms with E-state index in [1.165, 1.54) is 5.56 Å². The van der Waals surface area contributed by atoms with Gasteiger partial charge in [-0.25, -0.2) is 0 Å². The molecule has 1 unspecified atom stereocenters. The molecule has 3 aliphatic rings. The molecule has 1 aliphatic carbocycles. The lowest BCUT2D eigenvalue weighted by Crippen LogP contribution is -2.49. The van der Waals surface area contributed by atoms with Crippen LogP contribution in [0.25, 0.3) is 0 Å². The largest absolute Gasteiger partial charge is 0.339 e. The van der Waals surface area contributed by atoms with Crippen LogP contribution in [0.5, 0.6) is 0 Å². The first-order valence-electron chi connectivity index (χ1n) is 10.0. The van der Waals surface area contributed by atoms with E-state index in [0.717, 1.165) is 45.1 Å². The lowest BCUT2D eigenvalue weighted by Gasteiger charge is -2.29. The van der Waals surface area contributed by atoms with E-state index in [2.05, 4.69) is 12.1 Å². The summed E-state index contributed by atoms with van der Waals surface area (Å²) >= 11 is 0. The maximum absolute atomic E-state index is 13.2. The lowest BCUT2D eigenvalue weighted by molar-refractivity contribution is -0.145. The van der Waals surface area contributed by atoms with E-state index in [9.17, 15) is 9.59 Å². The minimum atomic E-state index is -0.273. The van der Waals surface area contributed by atoms with Gasteiger partial charge in [0.15, 0.2) is 0 Å². The zero-order chi connectivity index (χ0) is 18.1. The van der Waals surface area contributed by atoms with Crippen molar-refractivity contribution >= 4 is 24.2 Å². The predicted molar refractivity (Wildman–Crippen MR) is 108 cm³/mol. The Balaban J connectivity index is 0.00000210. The highest BCUT2D eigenvalue weighted by Gasteiger charge is 2.42. The van der Waals surface area contributed by atoms with Gasteiger partial charge < -0.3 is 15.5 Å². The third-order valence-corrected chi connectivity index (χ3v) is 6.43. The van der Waals surface area contributed by atoms with Crippen molar-refractivity contribution in [3.05, 3.63) is 35.9 Å². The highest BCUT2D eigenvalue weighted by Crippen LogP contribution is 2.32. The topological polar surface area (TPSA) is 66.6 Å². The summed E-state index contributed by atoms with van der Waals surface area (Å²) in [5, 5.41) is 0. The first kappa shape index (κ1) is 20.2. The Hall–Kier alpha value is -1.59. The smallest absolute Gasteiger partial charge is 0.245 e. The van der Waals surface area contributed by atoms with Gasteiger partial charge in [0.25, 0.3) is 0 Å². The van der Waals surface area contributed by atoms with E-state index in [1.807, 2.05) is 28.0 Å². The number of rotatable bonds is 3. The zero-order valence-electron chi connectivity index (χ0n) is 15.8. The van der Waals surface area contributed by atoms with Crippen molar-refractivity contribution in [2.24, 2.45) is 11.7 Å². The van der Waals surface area contributed by atoms with E-state index in [4.69, 9.17) is 5.73 Å². The van der Waals surface area contributed by atoms with Crippen LogP contribution < -0.4 is 5.73 Å². The minimum absolute atomic E-state index is 0. The van der Waals surface area contributed by atoms with Crippen LogP contribution in [-0.4, -0.2) is 53.3 Å². The van der Waals surface area contributed by atoms with Crippen LogP contribution in [0.4, 0.5) is 0 Å². The zero-order valence-corrected chi connectivity index (χ0v) is 16.6. The number of nitrogens with zero attached hydrogens (tertiary/aromatic N) is 2. The van der Waals surface area contributed by atoms with Crippen molar-refractivity contribution in [1.82, 2.24) is 9.80 Å². The quantitative estimate of drug-likeness (QED) is 0.860. The molecular weight excluding hydrogens is 362 g/mol. The summed E-state index contributed by atoms with van der Waals surface area (Å²) < 4.78 is 0. The molecule has 0 spiro atoms. The molecule has 1 aromatic carbocycles. The SMILES string of the molecule is Cl.N[C@@H]1CN(C(=O)C2CCCN2C(=O)C2CCCC2)C[C@H]1c1ccccc1. The van der Waals surface area contributed by atoms with Gasteiger partial charge in [-0.05, 0) is 31.2 Å². The summed E-state index contributed by atoms with van der Waals surface area (Å²) in [4.78, 5) is 29.8. The van der Waals surface area contributed by atoms with Crippen LogP contribution >= 0.6 is 12.4 Å². The van der Waals surface area contributed by atoms with E-state index in [0.29, 0.717) is 13.1 Å². The summed E-state index contributed by atoms with van der Waals surface area (Å²) in [5.74, 6) is 0.631. The number of carbonyl (C=O) groups is 2. The molecule has 3 atom stereocenters. The molecule has 4 rings (SSSR count). The highest BCUT2D eigenvalue weighted by atomic mass is 35.5. The second kappa shape index (κ2) is 8.61. The normalized spacial score (nSPS) is 28.4. The third-order valence-electron chi connectivity index (χ3n) is 6.43. The Labute approximate surface area is 167 Å². The molecule has 2 N–H and O–H groups in total. The molecule has 6 heteroatoms. The molecule has 0 bridgehead atoms. The summed E-state index contributed by atoms with van der Waals surface area (Å²) in [6, 6.07) is 9.90. The molecule has 2 amide bonds. The van der Waals surface area contributed by atoms with Crippen molar-refractivity contribution in [1.29, 1.82) is 0 Å². The number of benzene rings is 1. The Morgan fingerprint density at radius 2 is 1.63 bits per heavy atom. The Bertz CT molecular complexity index is 663. The summed E-state index contributed by atoms with van der Waals surface area (Å²) in [5.41, 5.74) is 7.55. The Kier molecular flexibility index (Phi) is 6.43. The molecule has 27 heavy (non-hydrogen) atoms. The fourth-order valence-corrected chi connectivity index (χ4v) is 4.97. The first-order valence-corrected chi connectivity index (χ1v) is 10.0. The molecule has 1 saturated carbocycles. The van der Waals surface area contributed by atoms with Crippen LogP contribution in [0, 0.1) is 5.92 Å². The summed E-state index contributed by atoms with van der Waals surface area (Å²) in [6.45, 7) is 1.97. The molecule has 0 aromatic heterocycles. The predicted octanol–water partition coefficient (Wildman–Crippen LogP) is 2.54. The molecule has 1 aromatic rings. The molecule has 0 radical (unpaired) electrons. The van der Waals surface area contributed by atoms with Crippen LogP contribution in [-0.2, 0) is 9.59 Å². The van der Waals surface area contributed by atoms with Crippen molar-refractivity contribution in [3.8, 4) is 0 Å². The monoisotopic (exact) mass is 391 g/mol. The molecular formula is C21H30ClN3O2. The fourth-order valence-electron chi connectivity index (χ4n) is 4.97. The fraction of sp³-hybridized carbons (Fsp3) is 0.619. The van der Waals surface area contributed by atoms with Crippen LogP contribution in [0.3, 0.4) is 0 Å². The average molecular weight is 392 g/mol. The van der Waals surface area contributed by atoms with Crippen LogP contribution in [0.1, 0.15) is 50.0 Å². The minimum Gasteiger partial charge on any atom is -0.339 e. The van der Waals surface area contributed by atoms with Crippen LogP contribution in [0.15, 0.2) is 30.3 Å². The van der Waals surface area contributed by atoms with Gasteiger partial charge in [0.2, 0.25) is 11.8 Å². The van der Waals surface area contributed by atoms with Gasteiger partial charge in [0, 0.05) is 37.5 Å². The van der Waals surface area contributed by atoms with Gasteiger partial charge in [0.1, 0.15) is 6.04 Å². The number of hydrogen-bond donors (Lipinski definition) is 1. The number of nitrogens with two attached hydrogens (primary N) is 1. The number of amides is 2. The van der Waals surface area contributed by atoms with Crippen molar-refractivity contribution in [3.63, 3.8) is 0 Å². The molecule has 2 saturated heterocycles. The second-order valence-corrected chi connectivity index (χ2v) is 8.10. The number of carbonyl (C=O) groups excluding carboxylic acids is 2. The van der Waals surface area contributed by atoms with Gasteiger partial charge >= 0.3 is 0 Å². The number of halogens is 1. The Morgan fingerprint density at radius 1 is 0.926 bits per heavy atom. The van der Waals surface area contributed by atoms with Crippen molar-refractivity contribution < 1.29 is 9.59 Å². The van der Waals surface area contributed by atoms with E-state index >= 15 is 0 Å². The average Bonchev–Trinajstić information content (AvgIpc) is 3.41. The van der Waals surface area contributed by atoms with E-state index in [1.54, 1.807) is 0 Å².